The average Bonchev–Trinajstić information content (AvgIpc) is 2.51. The first kappa shape index (κ1) is 12.0. The summed E-state index contributed by atoms with van der Waals surface area (Å²) in [6.07, 6.45) is -2.59. The van der Waals surface area contributed by atoms with E-state index < -0.39 is 25.6 Å². The Labute approximate surface area is 81.2 Å². The minimum atomic E-state index is -3.89. The lowest BCUT2D eigenvalue weighted by atomic mass is 10.1. The normalized spacial score (nSPS) is 32.1. The van der Waals surface area contributed by atoms with E-state index in [1.54, 1.807) is 6.92 Å². The van der Waals surface area contributed by atoms with E-state index in [2.05, 4.69) is 9.84 Å². The smallest absolute Gasteiger partial charge is 0.324 e. The SMILES string of the molecule is CCOP(=O)(O)C1CNCC1C(F)F. The Kier molecular flexibility index (Phi) is 4.01. The van der Waals surface area contributed by atoms with Gasteiger partial charge in [-0.05, 0) is 6.92 Å². The van der Waals surface area contributed by atoms with Crippen LogP contribution in [0, 0.1) is 5.92 Å². The molecule has 0 aromatic rings. The molecule has 4 nitrogen and oxygen atoms in total. The molecule has 7 heteroatoms. The maximum atomic E-state index is 12.4. The summed E-state index contributed by atoms with van der Waals surface area (Å²) in [5, 5.41) is 2.68. The molecule has 84 valence electrons. The molecule has 1 rings (SSSR count). The van der Waals surface area contributed by atoms with Crippen LogP contribution in [0.2, 0.25) is 0 Å². The monoisotopic (exact) mass is 229 g/mol. The van der Waals surface area contributed by atoms with Crippen LogP contribution >= 0.6 is 7.60 Å². The number of nitrogens with one attached hydrogen (secondary N) is 1. The molecule has 3 atom stereocenters. The van der Waals surface area contributed by atoms with Gasteiger partial charge in [0.15, 0.2) is 0 Å². The highest BCUT2D eigenvalue weighted by Crippen LogP contribution is 2.52. The zero-order valence-electron chi connectivity index (χ0n) is 7.82. The van der Waals surface area contributed by atoms with Crippen LogP contribution in [0.1, 0.15) is 6.92 Å². The minimum Gasteiger partial charge on any atom is -0.324 e. The van der Waals surface area contributed by atoms with Gasteiger partial charge in [0.25, 0.3) is 0 Å². The van der Waals surface area contributed by atoms with E-state index in [0.29, 0.717) is 0 Å². The van der Waals surface area contributed by atoms with Crippen molar-refractivity contribution in [3.05, 3.63) is 0 Å². The van der Waals surface area contributed by atoms with Crippen LogP contribution in [0.5, 0.6) is 0 Å². The fraction of sp³-hybridized carbons (Fsp3) is 1.00. The van der Waals surface area contributed by atoms with Crippen molar-refractivity contribution >= 4 is 7.60 Å². The first-order valence-electron chi connectivity index (χ1n) is 4.45. The molecule has 0 aliphatic carbocycles. The Balaban J connectivity index is 2.70. The van der Waals surface area contributed by atoms with Crippen molar-refractivity contribution in [3.63, 3.8) is 0 Å². The predicted octanol–water partition coefficient (Wildman–Crippen LogP) is 1.06. The van der Waals surface area contributed by atoms with Gasteiger partial charge in [-0.15, -0.1) is 0 Å². The Hall–Kier alpha value is -0.0300. The third-order valence-corrected chi connectivity index (χ3v) is 4.32. The molecule has 0 aromatic carbocycles. The second kappa shape index (κ2) is 4.66. The Morgan fingerprint density at radius 2 is 2.29 bits per heavy atom. The number of rotatable bonds is 4. The molecule has 0 radical (unpaired) electrons. The summed E-state index contributed by atoms with van der Waals surface area (Å²) in [7, 11) is -3.89. The Morgan fingerprint density at radius 1 is 1.64 bits per heavy atom. The highest BCUT2D eigenvalue weighted by atomic mass is 31.2. The van der Waals surface area contributed by atoms with E-state index in [4.69, 9.17) is 0 Å². The molecule has 0 aromatic heterocycles. The summed E-state index contributed by atoms with van der Waals surface area (Å²) in [5.74, 6) is -1.09. The van der Waals surface area contributed by atoms with Crippen LogP contribution < -0.4 is 5.32 Å². The molecule has 1 aliphatic rings. The highest BCUT2D eigenvalue weighted by molar-refractivity contribution is 7.53. The van der Waals surface area contributed by atoms with Crippen molar-refractivity contribution in [1.29, 1.82) is 0 Å². The predicted molar refractivity (Wildman–Crippen MR) is 47.6 cm³/mol. The molecule has 1 aliphatic heterocycles. The van der Waals surface area contributed by atoms with E-state index in [9.17, 15) is 18.2 Å². The van der Waals surface area contributed by atoms with Gasteiger partial charge >= 0.3 is 7.60 Å². The lowest BCUT2D eigenvalue weighted by molar-refractivity contribution is 0.0833. The quantitative estimate of drug-likeness (QED) is 0.708. The molecule has 2 N–H and O–H groups in total. The van der Waals surface area contributed by atoms with Crippen LogP contribution in [0.15, 0.2) is 0 Å². The standard InChI is InChI=1S/C7H14F2NO3P/c1-2-13-14(11,12)6-4-10-3-5(6)7(8)9/h5-7,10H,2-4H2,1H3,(H,11,12). The van der Waals surface area contributed by atoms with Gasteiger partial charge in [0.1, 0.15) is 0 Å². The molecule has 1 fully saturated rings. The molecule has 3 unspecified atom stereocenters. The number of hydrogen-bond acceptors (Lipinski definition) is 3. The number of halogens is 2. The van der Waals surface area contributed by atoms with Gasteiger partial charge < -0.3 is 14.7 Å². The maximum Gasteiger partial charge on any atom is 0.332 e. The largest absolute Gasteiger partial charge is 0.332 e. The van der Waals surface area contributed by atoms with E-state index in [-0.39, 0.29) is 19.7 Å². The van der Waals surface area contributed by atoms with Crippen molar-refractivity contribution in [2.75, 3.05) is 19.7 Å². The van der Waals surface area contributed by atoms with Crippen LogP contribution in [0.4, 0.5) is 8.78 Å². The van der Waals surface area contributed by atoms with Crippen LogP contribution in [0.25, 0.3) is 0 Å². The molecule has 0 saturated carbocycles. The van der Waals surface area contributed by atoms with Crippen molar-refractivity contribution in [2.45, 2.75) is 19.0 Å². The van der Waals surface area contributed by atoms with Gasteiger partial charge in [0, 0.05) is 19.0 Å². The zero-order chi connectivity index (χ0) is 10.8. The molecule has 14 heavy (non-hydrogen) atoms. The Bertz CT molecular complexity index is 239. The lowest BCUT2D eigenvalue weighted by Gasteiger charge is -2.22. The van der Waals surface area contributed by atoms with E-state index >= 15 is 0 Å². The van der Waals surface area contributed by atoms with Crippen molar-refractivity contribution in [1.82, 2.24) is 5.32 Å². The van der Waals surface area contributed by atoms with Gasteiger partial charge in [-0.3, -0.25) is 4.57 Å². The third-order valence-electron chi connectivity index (χ3n) is 2.28. The number of hydrogen-bond donors (Lipinski definition) is 2. The zero-order valence-corrected chi connectivity index (χ0v) is 8.71. The second-order valence-electron chi connectivity index (χ2n) is 3.21. The minimum absolute atomic E-state index is 0.0558. The van der Waals surface area contributed by atoms with Gasteiger partial charge in [0.2, 0.25) is 6.43 Å². The fourth-order valence-corrected chi connectivity index (χ4v) is 3.22. The molecule has 0 spiro atoms. The molecular formula is C7H14F2NO3P. The average molecular weight is 229 g/mol. The Morgan fingerprint density at radius 3 is 2.79 bits per heavy atom. The number of alkyl halides is 2. The van der Waals surface area contributed by atoms with Gasteiger partial charge in [0.05, 0.1) is 12.3 Å². The topological polar surface area (TPSA) is 58.6 Å². The van der Waals surface area contributed by atoms with Crippen LogP contribution in [-0.2, 0) is 9.09 Å². The first-order valence-corrected chi connectivity index (χ1v) is 6.09. The molecule has 0 amide bonds. The molecular weight excluding hydrogens is 215 g/mol. The summed E-state index contributed by atoms with van der Waals surface area (Å²) in [6, 6.07) is 0. The van der Waals surface area contributed by atoms with Gasteiger partial charge in [-0.25, -0.2) is 8.78 Å². The van der Waals surface area contributed by atoms with E-state index in [1.807, 2.05) is 0 Å². The third kappa shape index (κ3) is 2.51. The van der Waals surface area contributed by atoms with Crippen molar-refractivity contribution in [2.24, 2.45) is 5.92 Å². The molecule has 1 heterocycles. The molecule has 1 saturated heterocycles. The fourth-order valence-electron chi connectivity index (χ4n) is 1.58. The van der Waals surface area contributed by atoms with E-state index in [0.717, 1.165) is 0 Å². The second-order valence-corrected chi connectivity index (χ2v) is 5.26. The van der Waals surface area contributed by atoms with Gasteiger partial charge in [-0.2, -0.15) is 0 Å². The highest BCUT2D eigenvalue weighted by Gasteiger charge is 2.45. The van der Waals surface area contributed by atoms with E-state index in [1.165, 1.54) is 0 Å². The van der Waals surface area contributed by atoms with Crippen LogP contribution in [0.3, 0.4) is 0 Å². The van der Waals surface area contributed by atoms with Gasteiger partial charge in [-0.1, -0.05) is 0 Å². The summed E-state index contributed by atoms with van der Waals surface area (Å²) < 4.78 is 41.0. The first-order chi connectivity index (χ1) is 6.49. The summed E-state index contributed by atoms with van der Waals surface area (Å²) in [4.78, 5) is 9.39. The van der Waals surface area contributed by atoms with Crippen molar-refractivity contribution < 1.29 is 22.8 Å². The molecule has 0 bridgehead atoms. The summed E-state index contributed by atoms with van der Waals surface area (Å²) in [6.45, 7) is 1.80. The van der Waals surface area contributed by atoms with Crippen molar-refractivity contribution in [3.8, 4) is 0 Å². The maximum absolute atomic E-state index is 12.4. The van der Waals surface area contributed by atoms with Crippen LogP contribution in [-0.4, -0.2) is 36.7 Å². The summed E-state index contributed by atoms with van der Waals surface area (Å²) in [5.41, 5.74) is -0.984. The lowest BCUT2D eigenvalue weighted by Crippen LogP contribution is -2.26. The summed E-state index contributed by atoms with van der Waals surface area (Å²) >= 11 is 0.